The number of likely N-dealkylation sites (tertiary alicyclic amines) is 1. The van der Waals surface area contributed by atoms with Crippen molar-refractivity contribution in [2.24, 2.45) is 17.6 Å². The zero-order valence-electron chi connectivity index (χ0n) is 20.3. The third kappa shape index (κ3) is 4.45. The Balaban J connectivity index is 1.83. The first-order valence-electron chi connectivity index (χ1n) is 12.1. The molecule has 0 spiro atoms. The lowest BCUT2D eigenvalue weighted by Crippen LogP contribution is -2.57. The number of amides is 1. The molecule has 0 aromatic heterocycles. The van der Waals surface area contributed by atoms with Crippen LogP contribution in [-0.4, -0.2) is 50.4 Å². The summed E-state index contributed by atoms with van der Waals surface area (Å²) in [6.45, 7) is 6.79. The second kappa shape index (κ2) is 9.34. The number of methoxy groups -OCH3 is 1. The number of carbonyl (C=O) groups is 2. The zero-order chi connectivity index (χ0) is 23.8. The molecule has 1 saturated heterocycles. The van der Waals surface area contributed by atoms with Gasteiger partial charge in [0.05, 0.1) is 12.7 Å². The number of fused-ring (bicyclic) bond motifs is 1. The highest BCUT2D eigenvalue weighted by Gasteiger charge is 2.51. The van der Waals surface area contributed by atoms with Gasteiger partial charge < -0.3 is 20.7 Å². The second-order valence-corrected chi connectivity index (χ2v) is 10.1. The summed E-state index contributed by atoms with van der Waals surface area (Å²) < 4.78 is 5.62. The van der Waals surface area contributed by atoms with Crippen LogP contribution in [0.15, 0.2) is 41.1 Å². The van der Waals surface area contributed by atoms with Gasteiger partial charge in [-0.3, -0.25) is 9.59 Å². The number of nitrogens with two attached hydrogens (primary N) is 1. The standard InChI is InChI=1S/C27H37N3O3/c1-17-5-8-22(33-4)13-23(17)27-9-10-30(15-19-6-7-19)18(2)24(27)12-20(25(14-27)29-3)11-21(16-31)26(28)32/h5,8,11,13,16,18-19,24,29H,6-7,9-10,12,14-15H2,1-4H3,(H2,28,32)/b21-11+. The van der Waals surface area contributed by atoms with Gasteiger partial charge in [0.1, 0.15) is 5.75 Å². The Labute approximate surface area is 197 Å². The fourth-order valence-electron chi connectivity index (χ4n) is 6.15. The molecule has 0 radical (unpaired) electrons. The minimum Gasteiger partial charge on any atom is -0.497 e. The lowest BCUT2D eigenvalue weighted by molar-refractivity contribution is -0.116. The van der Waals surface area contributed by atoms with Crippen molar-refractivity contribution in [3.63, 3.8) is 0 Å². The van der Waals surface area contributed by atoms with Crippen molar-refractivity contribution in [1.29, 1.82) is 0 Å². The highest BCUT2D eigenvalue weighted by atomic mass is 16.5. The summed E-state index contributed by atoms with van der Waals surface area (Å²) in [7, 11) is 3.64. The predicted octanol–water partition coefficient (Wildman–Crippen LogP) is 3.24. The van der Waals surface area contributed by atoms with Crippen molar-refractivity contribution in [3.8, 4) is 5.75 Å². The molecule has 1 saturated carbocycles. The number of allylic oxidation sites excluding steroid dienone is 3. The molecule has 3 atom stereocenters. The van der Waals surface area contributed by atoms with Crippen molar-refractivity contribution in [1.82, 2.24) is 10.2 Å². The molecule has 6 heteroatoms. The molecule has 2 aliphatic carbocycles. The quantitative estimate of drug-likeness (QED) is 0.274. The van der Waals surface area contributed by atoms with E-state index in [1.54, 1.807) is 13.2 Å². The molecular formula is C27H37N3O3. The Bertz CT molecular complexity index is 994. The van der Waals surface area contributed by atoms with Gasteiger partial charge in [0.15, 0.2) is 6.29 Å². The molecular weight excluding hydrogens is 414 g/mol. The van der Waals surface area contributed by atoms with Gasteiger partial charge in [0, 0.05) is 30.7 Å². The van der Waals surface area contributed by atoms with Crippen LogP contribution in [0.5, 0.6) is 5.75 Å². The summed E-state index contributed by atoms with van der Waals surface area (Å²) in [5, 5.41) is 3.39. The number of primary amides is 1. The van der Waals surface area contributed by atoms with Crippen LogP contribution in [0, 0.1) is 18.8 Å². The maximum atomic E-state index is 11.8. The van der Waals surface area contributed by atoms with Crippen molar-refractivity contribution in [2.45, 2.75) is 57.4 Å². The fraction of sp³-hybridized carbons (Fsp3) is 0.556. The van der Waals surface area contributed by atoms with Gasteiger partial charge in [0.2, 0.25) is 0 Å². The fourth-order valence-corrected chi connectivity index (χ4v) is 6.15. The van der Waals surface area contributed by atoms with Crippen molar-refractivity contribution in [2.75, 3.05) is 27.2 Å². The lowest BCUT2D eigenvalue weighted by Gasteiger charge is -2.55. The lowest BCUT2D eigenvalue weighted by atomic mass is 9.56. The average Bonchev–Trinajstić information content (AvgIpc) is 3.63. The van der Waals surface area contributed by atoms with E-state index in [0.29, 0.717) is 18.2 Å². The number of aldehydes is 1. The van der Waals surface area contributed by atoms with Crippen LogP contribution in [0.1, 0.15) is 50.2 Å². The van der Waals surface area contributed by atoms with Crippen LogP contribution >= 0.6 is 0 Å². The molecule has 1 aromatic carbocycles. The van der Waals surface area contributed by atoms with E-state index in [0.717, 1.165) is 48.7 Å². The van der Waals surface area contributed by atoms with Crippen LogP contribution < -0.4 is 15.8 Å². The van der Waals surface area contributed by atoms with E-state index in [-0.39, 0.29) is 11.0 Å². The zero-order valence-corrected chi connectivity index (χ0v) is 20.3. The Morgan fingerprint density at radius 1 is 1.36 bits per heavy atom. The first-order chi connectivity index (χ1) is 15.8. The number of ether oxygens (including phenoxy) is 1. The molecule has 178 valence electrons. The molecule has 3 aliphatic rings. The minimum atomic E-state index is -0.680. The number of hydrogen-bond acceptors (Lipinski definition) is 5. The number of carbonyl (C=O) groups excluding carboxylic acids is 2. The molecule has 6 nitrogen and oxygen atoms in total. The summed E-state index contributed by atoms with van der Waals surface area (Å²) in [6, 6.07) is 6.81. The Hall–Kier alpha value is -2.60. The third-order valence-electron chi connectivity index (χ3n) is 8.25. The van der Waals surface area contributed by atoms with Gasteiger partial charge in [-0.05, 0) is 99.2 Å². The van der Waals surface area contributed by atoms with E-state index in [1.807, 2.05) is 13.1 Å². The highest BCUT2D eigenvalue weighted by molar-refractivity contribution is 6.10. The number of benzene rings is 1. The molecule has 33 heavy (non-hydrogen) atoms. The number of nitrogens with zero attached hydrogens (tertiary/aromatic N) is 1. The SMILES string of the molecule is CNC1=C(/C=C(\C=O)C(N)=O)CC2C(C)N(CC3CC3)CCC2(c2cc(OC)ccc2C)C1. The van der Waals surface area contributed by atoms with Crippen LogP contribution in [0.3, 0.4) is 0 Å². The maximum Gasteiger partial charge on any atom is 0.252 e. The van der Waals surface area contributed by atoms with E-state index in [9.17, 15) is 9.59 Å². The molecule has 3 unspecified atom stereocenters. The van der Waals surface area contributed by atoms with Crippen LogP contribution in [0.2, 0.25) is 0 Å². The normalized spacial score (nSPS) is 28.3. The summed E-state index contributed by atoms with van der Waals surface area (Å²) >= 11 is 0. The number of aryl methyl sites for hydroxylation is 1. The first kappa shape index (κ1) is 23.6. The van der Waals surface area contributed by atoms with Gasteiger partial charge in [-0.1, -0.05) is 6.07 Å². The number of nitrogens with one attached hydrogen (secondary N) is 1. The second-order valence-electron chi connectivity index (χ2n) is 10.1. The summed E-state index contributed by atoms with van der Waals surface area (Å²) in [5.41, 5.74) is 10.2. The van der Waals surface area contributed by atoms with Crippen LogP contribution in [0.4, 0.5) is 0 Å². The average molecular weight is 452 g/mol. The van der Waals surface area contributed by atoms with Crippen molar-refractivity contribution in [3.05, 3.63) is 52.2 Å². The molecule has 1 amide bonds. The van der Waals surface area contributed by atoms with E-state index in [1.165, 1.54) is 30.5 Å². The monoisotopic (exact) mass is 451 g/mol. The smallest absolute Gasteiger partial charge is 0.252 e. The molecule has 3 N–H and O–H groups in total. The van der Waals surface area contributed by atoms with E-state index >= 15 is 0 Å². The van der Waals surface area contributed by atoms with Crippen LogP contribution in [-0.2, 0) is 15.0 Å². The first-order valence-corrected chi connectivity index (χ1v) is 12.1. The topological polar surface area (TPSA) is 84.7 Å². The van der Waals surface area contributed by atoms with Crippen molar-refractivity contribution >= 4 is 12.2 Å². The van der Waals surface area contributed by atoms with Gasteiger partial charge in [-0.15, -0.1) is 0 Å². The number of piperidine rings is 1. The number of hydrogen-bond donors (Lipinski definition) is 2. The molecule has 1 aromatic rings. The Kier molecular flexibility index (Phi) is 6.66. The third-order valence-corrected chi connectivity index (χ3v) is 8.25. The summed E-state index contributed by atoms with van der Waals surface area (Å²) in [5.74, 6) is 1.39. The predicted molar refractivity (Wildman–Crippen MR) is 130 cm³/mol. The van der Waals surface area contributed by atoms with Gasteiger partial charge in [0.25, 0.3) is 5.91 Å². The Morgan fingerprint density at radius 3 is 2.73 bits per heavy atom. The summed E-state index contributed by atoms with van der Waals surface area (Å²) in [4.78, 5) is 26.0. The largest absolute Gasteiger partial charge is 0.497 e. The number of rotatable bonds is 8. The van der Waals surface area contributed by atoms with Crippen LogP contribution in [0.25, 0.3) is 0 Å². The molecule has 4 rings (SSSR count). The molecule has 0 bridgehead atoms. The van der Waals surface area contributed by atoms with Gasteiger partial charge >= 0.3 is 0 Å². The van der Waals surface area contributed by atoms with E-state index in [4.69, 9.17) is 10.5 Å². The van der Waals surface area contributed by atoms with E-state index in [2.05, 4.69) is 36.2 Å². The highest BCUT2D eigenvalue weighted by Crippen LogP contribution is 2.54. The molecule has 1 heterocycles. The Morgan fingerprint density at radius 2 is 2.12 bits per heavy atom. The molecule has 2 fully saturated rings. The van der Waals surface area contributed by atoms with Gasteiger partial charge in [-0.2, -0.15) is 0 Å². The van der Waals surface area contributed by atoms with E-state index < -0.39 is 5.91 Å². The minimum absolute atomic E-state index is 0.0288. The molecule has 1 aliphatic heterocycles. The van der Waals surface area contributed by atoms with Gasteiger partial charge in [-0.25, -0.2) is 0 Å². The van der Waals surface area contributed by atoms with Crippen molar-refractivity contribution < 1.29 is 14.3 Å². The summed E-state index contributed by atoms with van der Waals surface area (Å²) in [6.07, 6.45) is 7.65. The maximum absolute atomic E-state index is 11.8.